The van der Waals surface area contributed by atoms with Crippen molar-refractivity contribution in [1.82, 2.24) is 4.98 Å². The fourth-order valence-corrected chi connectivity index (χ4v) is 2.04. The SMILES string of the molecule is COc1cccc2[nH]c[n+](-c3ccccc3)c12.[Cl-]. The molecular weight excluding hydrogens is 248 g/mol. The van der Waals surface area contributed by atoms with Gasteiger partial charge in [-0.15, -0.1) is 0 Å². The van der Waals surface area contributed by atoms with Gasteiger partial charge in [-0.25, -0.2) is 4.98 Å². The molecule has 0 saturated carbocycles. The van der Waals surface area contributed by atoms with Crippen LogP contribution in [-0.4, -0.2) is 12.1 Å². The fraction of sp³-hybridized carbons (Fsp3) is 0.0714. The molecule has 4 heteroatoms. The molecular formula is C14H13ClN2O. The Labute approximate surface area is 111 Å². The van der Waals surface area contributed by atoms with Crippen LogP contribution in [0, 0.1) is 0 Å². The number of rotatable bonds is 2. The third-order valence-corrected chi connectivity index (χ3v) is 2.84. The number of H-pyrrole nitrogens is 1. The summed E-state index contributed by atoms with van der Waals surface area (Å²) in [4.78, 5) is 3.24. The molecule has 0 spiro atoms. The smallest absolute Gasteiger partial charge is 0.247 e. The molecule has 1 N–H and O–H groups in total. The Morgan fingerprint density at radius 1 is 1.00 bits per heavy atom. The lowest BCUT2D eigenvalue weighted by Gasteiger charge is -2.01. The average Bonchev–Trinajstić information content (AvgIpc) is 2.83. The lowest BCUT2D eigenvalue weighted by atomic mass is 10.2. The number of ether oxygens (including phenoxy) is 1. The molecule has 2 aromatic carbocycles. The number of halogens is 1. The van der Waals surface area contributed by atoms with Crippen LogP contribution in [0.5, 0.6) is 5.75 Å². The number of nitrogens with zero attached hydrogens (tertiary/aromatic N) is 1. The molecule has 0 amide bonds. The van der Waals surface area contributed by atoms with Gasteiger partial charge in [-0.1, -0.05) is 24.3 Å². The van der Waals surface area contributed by atoms with Crippen LogP contribution in [0.4, 0.5) is 0 Å². The van der Waals surface area contributed by atoms with E-state index in [0.717, 1.165) is 22.5 Å². The molecule has 1 heterocycles. The summed E-state index contributed by atoms with van der Waals surface area (Å²) in [5, 5.41) is 0. The maximum Gasteiger partial charge on any atom is 0.247 e. The van der Waals surface area contributed by atoms with Crippen LogP contribution >= 0.6 is 0 Å². The number of fused-ring (bicyclic) bond motifs is 1. The van der Waals surface area contributed by atoms with Gasteiger partial charge in [0.15, 0.2) is 11.3 Å². The zero-order valence-electron chi connectivity index (χ0n) is 9.93. The van der Waals surface area contributed by atoms with E-state index in [2.05, 4.69) is 21.7 Å². The van der Waals surface area contributed by atoms with Crippen LogP contribution in [0.2, 0.25) is 0 Å². The fourth-order valence-electron chi connectivity index (χ4n) is 2.04. The second-order valence-electron chi connectivity index (χ2n) is 3.84. The molecule has 1 aromatic heterocycles. The van der Waals surface area contributed by atoms with Crippen molar-refractivity contribution in [2.45, 2.75) is 0 Å². The number of methoxy groups -OCH3 is 1. The number of aromatic nitrogens is 2. The van der Waals surface area contributed by atoms with E-state index in [1.54, 1.807) is 7.11 Å². The van der Waals surface area contributed by atoms with Crippen molar-refractivity contribution < 1.29 is 21.7 Å². The first-order chi connectivity index (χ1) is 8.40. The van der Waals surface area contributed by atoms with Crippen LogP contribution in [0.1, 0.15) is 0 Å². The van der Waals surface area contributed by atoms with Gasteiger partial charge >= 0.3 is 0 Å². The predicted molar refractivity (Wildman–Crippen MR) is 66.4 cm³/mol. The minimum absolute atomic E-state index is 0. The number of imidazole rings is 1. The summed E-state index contributed by atoms with van der Waals surface area (Å²) < 4.78 is 7.50. The molecule has 0 aliphatic rings. The van der Waals surface area contributed by atoms with E-state index >= 15 is 0 Å². The maximum atomic E-state index is 5.41. The second kappa shape index (κ2) is 5.10. The first-order valence-electron chi connectivity index (χ1n) is 5.51. The van der Waals surface area contributed by atoms with Crippen LogP contribution in [0.15, 0.2) is 54.9 Å². The van der Waals surface area contributed by atoms with Gasteiger partial charge in [0.05, 0.1) is 7.11 Å². The molecule has 0 aliphatic carbocycles. The summed E-state index contributed by atoms with van der Waals surface area (Å²) in [6.45, 7) is 0. The van der Waals surface area contributed by atoms with E-state index in [1.807, 2.05) is 42.7 Å². The van der Waals surface area contributed by atoms with E-state index in [9.17, 15) is 0 Å². The molecule has 0 radical (unpaired) electrons. The lowest BCUT2D eigenvalue weighted by molar-refractivity contribution is -0.567. The Bertz CT molecular complexity index is 649. The van der Waals surface area contributed by atoms with Crippen LogP contribution in [0.25, 0.3) is 16.7 Å². The summed E-state index contributed by atoms with van der Waals surface area (Å²) in [5.41, 5.74) is 3.23. The van der Waals surface area contributed by atoms with Crippen LogP contribution in [-0.2, 0) is 0 Å². The lowest BCUT2D eigenvalue weighted by Crippen LogP contribution is -3.00. The van der Waals surface area contributed by atoms with Crippen molar-refractivity contribution in [2.75, 3.05) is 7.11 Å². The minimum atomic E-state index is 0. The number of aromatic amines is 1. The number of benzene rings is 2. The highest BCUT2D eigenvalue weighted by Gasteiger charge is 2.15. The molecule has 92 valence electrons. The van der Waals surface area contributed by atoms with Crippen molar-refractivity contribution in [3.8, 4) is 11.4 Å². The predicted octanol–water partition coefficient (Wildman–Crippen LogP) is -0.543. The zero-order valence-corrected chi connectivity index (χ0v) is 10.7. The van der Waals surface area contributed by atoms with Gasteiger partial charge in [-0.2, -0.15) is 4.57 Å². The highest BCUT2D eigenvalue weighted by atomic mass is 35.5. The quantitative estimate of drug-likeness (QED) is 0.616. The highest BCUT2D eigenvalue weighted by Crippen LogP contribution is 2.21. The third-order valence-electron chi connectivity index (χ3n) is 2.84. The van der Waals surface area contributed by atoms with Crippen LogP contribution < -0.4 is 21.7 Å². The standard InChI is InChI=1S/C14H12N2O.ClH/c1-17-13-9-5-8-12-14(13)16(10-15-12)11-6-3-2-4-7-11;/h2-10H,1H3;1H. The number of para-hydroxylation sites is 2. The Morgan fingerprint density at radius 2 is 1.78 bits per heavy atom. The summed E-state index contributed by atoms with van der Waals surface area (Å²) in [7, 11) is 1.69. The van der Waals surface area contributed by atoms with Crippen LogP contribution in [0.3, 0.4) is 0 Å². The maximum absolute atomic E-state index is 5.41. The van der Waals surface area contributed by atoms with E-state index in [0.29, 0.717) is 0 Å². The van der Waals surface area contributed by atoms with E-state index in [-0.39, 0.29) is 12.4 Å². The molecule has 0 atom stereocenters. The highest BCUT2D eigenvalue weighted by molar-refractivity contribution is 5.78. The Hall–Kier alpha value is -2.00. The van der Waals surface area contributed by atoms with Gasteiger partial charge in [0.25, 0.3) is 0 Å². The third kappa shape index (κ3) is 1.93. The largest absolute Gasteiger partial charge is 1.00 e. The van der Waals surface area contributed by atoms with E-state index < -0.39 is 0 Å². The molecule has 0 fully saturated rings. The molecule has 0 unspecified atom stereocenters. The van der Waals surface area contributed by atoms with E-state index in [1.165, 1.54) is 0 Å². The van der Waals surface area contributed by atoms with Crippen molar-refractivity contribution in [3.63, 3.8) is 0 Å². The first kappa shape index (κ1) is 12.5. The number of hydrogen-bond acceptors (Lipinski definition) is 1. The Kier molecular flexibility index (Phi) is 3.53. The van der Waals surface area contributed by atoms with Crippen molar-refractivity contribution in [3.05, 3.63) is 54.9 Å². The molecule has 18 heavy (non-hydrogen) atoms. The van der Waals surface area contributed by atoms with Gasteiger partial charge in [0.1, 0.15) is 5.69 Å². The Morgan fingerprint density at radius 3 is 2.50 bits per heavy atom. The first-order valence-corrected chi connectivity index (χ1v) is 5.51. The van der Waals surface area contributed by atoms with Gasteiger partial charge in [-0.3, -0.25) is 0 Å². The van der Waals surface area contributed by atoms with E-state index in [4.69, 9.17) is 4.74 Å². The summed E-state index contributed by atoms with van der Waals surface area (Å²) in [6.07, 6.45) is 1.95. The zero-order chi connectivity index (χ0) is 11.7. The van der Waals surface area contributed by atoms with Gasteiger partial charge in [0, 0.05) is 0 Å². The Balaban J connectivity index is 0.00000120. The summed E-state index contributed by atoms with van der Waals surface area (Å²) in [6, 6.07) is 16.2. The molecule has 0 bridgehead atoms. The molecule has 0 saturated heterocycles. The number of hydrogen-bond donors (Lipinski definition) is 1. The van der Waals surface area contributed by atoms with Crippen molar-refractivity contribution >= 4 is 11.0 Å². The van der Waals surface area contributed by atoms with Gasteiger partial charge < -0.3 is 17.1 Å². The molecule has 0 aliphatic heterocycles. The summed E-state index contributed by atoms with van der Waals surface area (Å²) in [5.74, 6) is 0.868. The monoisotopic (exact) mass is 260 g/mol. The normalized spacial score (nSPS) is 10.1. The van der Waals surface area contributed by atoms with Gasteiger partial charge in [-0.05, 0) is 24.3 Å². The molecule has 3 rings (SSSR count). The number of nitrogens with one attached hydrogen (secondary N) is 1. The topological polar surface area (TPSA) is 28.9 Å². The van der Waals surface area contributed by atoms with Gasteiger partial charge in [0.2, 0.25) is 11.8 Å². The average molecular weight is 261 g/mol. The molecule has 3 nitrogen and oxygen atoms in total. The minimum Gasteiger partial charge on any atom is -1.00 e. The second-order valence-corrected chi connectivity index (χ2v) is 3.84. The van der Waals surface area contributed by atoms with Crippen molar-refractivity contribution in [2.24, 2.45) is 0 Å². The van der Waals surface area contributed by atoms with Crippen molar-refractivity contribution in [1.29, 1.82) is 0 Å². The molecule has 3 aromatic rings. The summed E-state index contributed by atoms with van der Waals surface area (Å²) >= 11 is 0.